The molecule has 4 nitrogen and oxygen atoms in total. The van der Waals surface area contributed by atoms with Crippen LogP contribution in [-0.4, -0.2) is 15.5 Å². The van der Waals surface area contributed by atoms with Crippen molar-refractivity contribution in [2.75, 3.05) is 5.32 Å². The molecule has 0 aliphatic rings. The number of halogens is 3. The van der Waals surface area contributed by atoms with Gasteiger partial charge in [-0.2, -0.15) is 0 Å². The summed E-state index contributed by atoms with van der Waals surface area (Å²) in [5.74, 6) is -4.34. The summed E-state index contributed by atoms with van der Waals surface area (Å²) < 4.78 is 42.4. The van der Waals surface area contributed by atoms with E-state index in [9.17, 15) is 18.0 Å². The van der Waals surface area contributed by atoms with E-state index in [4.69, 9.17) is 0 Å². The summed E-state index contributed by atoms with van der Waals surface area (Å²) in [4.78, 5) is 16.6. The van der Waals surface area contributed by atoms with Crippen LogP contribution in [0.3, 0.4) is 0 Å². The first-order valence-corrected chi connectivity index (χ1v) is 8.83. The van der Waals surface area contributed by atoms with E-state index in [0.717, 1.165) is 6.07 Å². The van der Waals surface area contributed by atoms with Crippen LogP contribution < -0.4 is 5.32 Å². The quantitative estimate of drug-likeness (QED) is 0.511. The van der Waals surface area contributed by atoms with Crippen LogP contribution in [0.1, 0.15) is 15.9 Å². The van der Waals surface area contributed by atoms with Crippen molar-refractivity contribution in [1.29, 1.82) is 0 Å². The number of carbonyl (C=O) groups is 1. The van der Waals surface area contributed by atoms with E-state index in [1.807, 2.05) is 0 Å². The van der Waals surface area contributed by atoms with Crippen molar-refractivity contribution in [1.82, 2.24) is 9.55 Å². The van der Waals surface area contributed by atoms with E-state index in [1.165, 1.54) is 17.4 Å². The van der Waals surface area contributed by atoms with Gasteiger partial charge in [-0.25, -0.2) is 18.2 Å². The Morgan fingerprint density at radius 1 is 1.11 bits per heavy atom. The van der Waals surface area contributed by atoms with Crippen molar-refractivity contribution < 1.29 is 18.0 Å². The summed E-state index contributed by atoms with van der Waals surface area (Å²) in [7, 11) is 0. The minimum absolute atomic E-state index is 0.0125. The number of para-hydroxylation sites is 1. The summed E-state index contributed by atoms with van der Waals surface area (Å²) in [6, 6.07) is 9.18. The Morgan fingerprint density at radius 3 is 2.70 bits per heavy atom. The molecule has 136 valence electrons. The highest BCUT2D eigenvalue weighted by Gasteiger charge is 2.18. The maximum Gasteiger partial charge on any atom is 0.259 e. The number of amides is 1. The zero-order valence-electron chi connectivity index (χ0n) is 13.7. The Hall–Kier alpha value is -3.13. The topological polar surface area (TPSA) is 46.9 Å². The second-order valence-corrected chi connectivity index (χ2v) is 6.71. The first-order valence-electron chi connectivity index (χ1n) is 7.95. The average Bonchev–Trinajstić information content (AvgIpc) is 3.30. The minimum atomic E-state index is -1.51. The number of nitrogens with one attached hydrogen (secondary N) is 1. The molecule has 0 aliphatic carbocycles. The average molecular weight is 387 g/mol. The van der Waals surface area contributed by atoms with E-state index >= 15 is 0 Å². The molecule has 8 heteroatoms. The Kier molecular flexibility index (Phi) is 4.41. The molecular formula is C19H12F3N3OS. The van der Waals surface area contributed by atoms with E-state index in [2.05, 4.69) is 10.3 Å². The smallest absolute Gasteiger partial charge is 0.259 e. The van der Waals surface area contributed by atoms with Crippen molar-refractivity contribution in [2.24, 2.45) is 0 Å². The van der Waals surface area contributed by atoms with Crippen molar-refractivity contribution in [3.05, 3.63) is 82.8 Å². The summed E-state index contributed by atoms with van der Waals surface area (Å²) in [5, 5.41) is 5.57. The number of hydrogen-bond donors (Lipinski definition) is 1. The number of aromatic nitrogens is 2. The lowest BCUT2D eigenvalue weighted by atomic mass is 10.1. The number of fused-ring (bicyclic) bond motifs is 1. The van der Waals surface area contributed by atoms with Gasteiger partial charge in [0.25, 0.3) is 5.91 Å². The molecule has 4 aromatic rings. The first kappa shape index (κ1) is 17.3. The van der Waals surface area contributed by atoms with Gasteiger partial charge in [0, 0.05) is 34.2 Å². The second-order valence-electron chi connectivity index (χ2n) is 5.81. The third kappa shape index (κ3) is 3.19. The second kappa shape index (κ2) is 6.88. The molecular weight excluding hydrogens is 375 g/mol. The maximum atomic E-state index is 14.1. The fraction of sp³-hybridized carbons (Fsp3) is 0.0526. The van der Waals surface area contributed by atoms with Gasteiger partial charge < -0.3 is 4.57 Å². The molecule has 27 heavy (non-hydrogen) atoms. The molecule has 0 radical (unpaired) electrons. The predicted octanol–water partition coefficient (Wildman–Crippen LogP) is 4.82. The Morgan fingerprint density at radius 2 is 1.93 bits per heavy atom. The van der Waals surface area contributed by atoms with Gasteiger partial charge in [-0.05, 0) is 12.1 Å². The lowest BCUT2D eigenvalue weighted by Crippen LogP contribution is -2.11. The van der Waals surface area contributed by atoms with Gasteiger partial charge in [0.15, 0.2) is 22.6 Å². The molecule has 0 spiro atoms. The number of nitrogens with zero attached hydrogens (tertiary/aromatic N) is 2. The highest BCUT2D eigenvalue weighted by molar-refractivity contribution is 7.13. The molecule has 4 rings (SSSR count). The van der Waals surface area contributed by atoms with Crippen LogP contribution in [0.2, 0.25) is 0 Å². The molecule has 0 bridgehead atoms. The summed E-state index contributed by atoms with van der Waals surface area (Å²) in [5.41, 5.74) is 1.04. The molecule has 0 saturated carbocycles. The lowest BCUT2D eigenvalue weighted by Gasteiger charge is -2.07. The molecule has 2 aromatic carbocycles. The van der Waals surface area contributed by atoms with Gasteiger partial charge in [-0.1, -0.05) is 24.3 Å². The fourth-order valence-corrected chi connectivity index (χ4v) is 3.40. The fourth-order valence-electron chi connectivity index (χ4n) is 2.88. The van der Waals surface area contributed by atoms with E-state index < -0.39 is 17.5 Å². The zero-order chi connectivity index (χ0) is 19.0. The van der Waals surface area contributed by atoms with Gasteiger partial charge in [0.05, 0.1) is 12.1 Å². The van der Waals surface area contributed by atoms with Crippen LogP contribution in [0, 0.1) is 17.5 Å². The van der Waals surface area contributed by atoms with Crippen LogP contribution >= 0.6 is 11.3 Å². The standard InChI is InChI=1S/C19H12F3N3OS/c20-14-6-5-11(16(21)17(14)22)9-25-10-13(12-3-1-2-4-15(12)25)18(26)24-19-23-7-8-27-19/h1-8,10H,9H2,(H,23,24,26). The largest absolute Gasteiger partial charge is 0.342 e. The Bertz CT molecular complexity index is 1140. The molecule has 0 fully saturated rings. The molecule has 0 aliphatic heterocycles. The summed E-state index contributed by atoms with van der Waals surface area (Å²) in [6.45, 7) is -0.0475. The van der Waals surface area contributed by atoms with E-state index in [-0.39, 0.29) is 18.0 Å². The molecule has 1 N–H and O–H groups in total. The molecule has 2 heterocycles. The van der Waals surface area contributed by atoms with Gasteiger partial charge >= 0.3 is 0 Å². The number of hydrogen-bond acceptors (Lipinski definition) is 3. The third-order valence-electron chi connectivity index (χ3n) is 4.14. The van der Waals surface area contributed by atoms with Gasteiger partial charge in [0.1, 0.15) is 0 Å². The van der Waals surface area contributed by atoms with Crippen molar-refractivity contribution in [2.45, 2.75) is 6.54 Å². The zero-order valence-corrected chi connectivity index (χ0v) is 14.6. The van der Waals surface area contributed by atoms with Gasteiger partial charge in [-0.3, -0.25) is 10.1 Å². The van der Waals surface area contributed by atoms with Gasteiger partial charge in [-0.15, -0.1) is 11.3 Å². The van der Waals surface area contributed by atoms with Crippen molar-refractivity contribution in [3.8, 4) is 0 Å². The number of rotatable bonds is 4. The molecule has 0 unspecified atom stereocenters. The highest BCUT2D eigenvalue weighted by Crippen LogP contribution is 2.25. The molecule has 2 aromatic heterocycles. The van der Waals surface area contributed by atoms with E-state index in [1.54, 1.807) is 46.6 Å². The van der Waals surface area contributed by atoms with E-state index in [0.29, 0.717) is 21.6 Å². The van der Waals surface area contributed by atoms with Crippen molar-refractivity contribution >= 4 is 33.3 Å². The normalized spacial score (nSPS) is 11.1. The minimum Gasteiger partial charge on any atom is -0.342 e. The Labute approximate surface area is 155 Å². The van der Waals surface area contributed by atoms with Crippen LogP contribution in [0.4, 0.5) is 18.3 Å². The number of carbonyl (C=O) groups excluding carboxylic acids is 1. The van der Waals surface area contributed by atoms with Crippen LogP contribution in [0.15, 0.2) is 54.2 Å². The van der Waals surface area contributed by atoms with Crippen LogP contribution in [0.5, 0.6) is 0 Å². The third-order valence-corrected chi connectivity index (χ3v) is 4.83. The van der Waals surface area contributed by atoms with Crippen LogP contribution in [-0.2, 0) is 6.54 Å². The Balaban J connectivity index is 1.74. The number of thiazole rings is 1. The first-order chi connectivity index (χ1) is 13.0. The SMILES string of the molecule is O=C(Nc1nccs1)c1cn(Cc2ccc(F)c(F)c2F)c2ccccc12. The molecule has 1 amide bonds. The summed E-state index contributed by atoms with van der Waals surface area (Å²) in [6.07, 6.45) is 3.14. The highest BCUT2D eigenvalue weighted by atomic mass is 32.1. The van der Waals surface area contributed by atoms with Crippen LogP contribution in [0.25, 0.3) is 10.9 Å². The lowest BCUT2D eigenvalue weighted by molar-refractivity contribution is 0.102. The molecule has 0 atom stereocenters. The number of benzene rings is 2. The van der Waals surface area contributed by atoms with Gasteiger partial charge in [0.2, 0.25) is 0 Å². The molecule has 0 saturated heterocycles. The van der Waals surface area contributed by atoms with Crippen molar-refractivity contribution in [3.63, 3.8) is 0 Å². The predicted molar refractivity (Wildman–Crippen MR) is 97.4 cm³/mol. The summed E-state index contributed by atoms with van der Waals surface area (Å²) >= 11 is 1.29. The maximum absolute atomic E-state index is 14.1. The number of anilines is 1. The monoisotopic (exact) mass is 387 g/mol.